The summed E-state index contributed by atoms with van der Waals surface area (Å²) in [5.74, 6) is 1.53. The van der Waals surface area contributed by atoms with Gasteiger partial charge in [-0.1, -0.05) is 34.4 Å². The predicted octanol–water partition coefficient (Wildman–Crippen LogP) is 5.11. The number of hydrogen-bond donors (Lipinski definition) is 1. The summed E-state index contributed by atoms with van der Waals surface area (Å²) < 4.78 is 7.59. The maximum atomic E-state index is 6.48. The number of rotatable bonds is 2. The van der Waals surface area contributed by atoms with Crippen LogP contribution in [0.4, 0.5) is 11.8 Å². The van der Waals surface area contributed by atoms with E-state index < -0.39 is 0 Å². The van der Waals surface area contributed by atoms with E-state index in [1.807, 2.05) is 18.2 Å². The molecule has 146 valence electrons. The number of likely N-dealkylation sites (N-methyl/N-ethyl adjacent to an activating group) is 1. The number of anilines is 2. The number of nitrogen functional groups attached to an aromatic ring is 1. The van der Waals surface area contributed by atoms with E-state index in [1.54, 1.807) is 6.07 Å². The van der Waals surface area contributed by atoms with Crippen LogP contribution in [-0.2, 0) is 7.05 Å². The van der Waals surface area contributed by atoms with Crippen molar-refractivity contribution >= 4 is 57.6 Å². The molecule has 0 amide bonds. The average Bonchev–Trinajstić information content (AvgIpc) is 3.24. The molecule has 0 atom stereocenters. The number of nitrogens with two attached hydrogens (primary N) is 1. The third-order valence-electron chi connectivity index (χ3n) is 5.26. The summed E-state index contributed by atoms with van der Waals surface area (Å²) in [6, 6.07) is 11.7. The van der Waals surface area contributed by atoms with Gasteiger partial charge in [0.25, 0.3) is 0 Å². The largest absolute Gasteiger partial charge is 0.404 e. The number of nitrogens with zero attached hydrogens (tertiary/aromatic N) is 4. The Hall–Kier alpha value is -2.96. The molecule has 2 aromatic carbocycles. The smallest absolute Gasteiger partial charge is 0.313 e. The SMILES string of the molecule is CN1CC(c2ccc(Cl)cc2Cl)=Cc2c1n(C)c1ccc(-c3nnc(N)o3)cc21. The van der Waals surface area contributed by atoms with E-state index in [-0.39, 0.29) is 6.01 Å². The number of aryl methyl sites for hydroxylation is 1. The Balaban J connectivity index is 1.72. The van der Waals surface area contributed by atoms with Gasteiger partial charge in [0.05, 0.1) is 5.52 Å². The lowest BCUT2D eigenvalue weighted by atomic mass is 9.98. The molecule has 0 aliphatic carbocycles. The minimum absolute atomic E-state index is 0.0504. The number of halogens is 2. The molecule has 2 N–H and O–H groups in total. The summed E-state index contributed by atoms with van der Waals surface area (Å²) in [7, 11) is 4.14. The molecular formula is C21H17Cl2N5O. The zero-order valence-electron chi connectivity index (χ0n) is 15.8. The maximum absolute atomic E-state index is 6.48. The van der Waals surface area contributed by atoms with Crippen molar-refractivity contribution in [2.75, 3.05) is 24.2 Å². The second-order valence-corrected chi connectivity index (χ2v) is 7.97. The normalized spacial score (nSPS) is 13.7. The lowest BCUT2D eigenvalue weighted by Gasteiger charge is -2.27. The van der Waals surface area contributed by atoms with E-state index in [1.165, 1.54) is 0 Å². The van der Waals surface area contributed by atoms with E-state index >= 15 is 0 Å². The van der Waals surface area contributed by atoms with Crippen LogP contribution >= 0.6 is 23.2 Å². The van der Waals surface area contributed by atoms with Crippen molar-refractivity contribution in [2.45, 2.75) is 0 Å². The van der Waals surface area contributed by atoms with Crippen LogP contribution in [0.25, 0.3) is 34.0 Å². The van der Waals surface area contributed by atoms with Crippen molar-refractivity contribution in [1.29, 1.82) is 0 Å². The van der Waals surface area contributed by atoms with Crippen LogP contribution in [0.3, 0.4) is 0 Å². The zero-order chi connectivity index (χ0) is 20.3. The van der Waals surface area contributed by atoms with Gasteiger partial charge in [-0.3, -0.25) is 0 Å². The van der Waals surface area contributed by atoms with Gasteiger partial charge in [-0.2, -0.15) is 0 Å². The minimum atomic E-state index is 0.0504. The number of aromatic nitrogens is 3. The molecule has 1 aliphatic rings. The van der Waals surface area contributed by atoms with Crippen molar-refractivity contribution in [1.82, 2.24) is 14.8 Å². The third kappa shape index (κ3) is 2.87. The lowest BCUT2D eigenvalue weighted by molar-refractivity contribution is 0.590. The molecule has 5 rings (SSSR count). The van der Waals surface area contributed by atoms with Crippen molar-refractivity contribution in [3.63, 3.8) is 0 Å². The van der Waals surface area contributed by atoms with E-state index in [2.05, 4.69) is 52.0 Å². The Morgan fingerprint density at radius 3 is 2.62 bits per heavy atom. The molecular weight excluding hydrogens is 409 g/mol. The van der Waals surface area contributed by atoms with Gasteiger partial charge in [0.1, 0.15) is 5.82 Å². The highest BCUT2D eigenvalue weighted by molar-refractivity contribution is 6.36. The maximum Gasteiger partial charge on any atom is 0.313 e. The Morgan fingerprint density at radius 1 is 1.07 bits per heavy atom. The first-order chi connectivity index (χ1) is 13.9. The molecule has 3 heterocycles. The molecule has 0 radical (unpaired) electrons. The van der Waals surface area contributed by atoms with Gasteiger partial charge in [-0.15, -0.1) is 5.10 Å². The van der Waals surface area contributed by atoms with Gasteiger partial charge in [0.15, 0.2) is 0 Å². The Bertz CT molecular complexity index is 1300. The van der Waals surface area contributed by atoms with Gasteiger partial charge in [-0.25, -0.2) is 0 Å². The summed E-state index contributed by atoms with van der Waals surface area (Å²) in [6.07, 6.45) is 2.19. The summed E-state index contributed by atoms with van der Waals surface area (Å²) in [4.78, 5) is 2.22. The second kappa shape index (κ2) is 6.54. The standard InChI is InChI=1S/C21H17Cl2N5O/c1-27-10-12(14-5-4-13(22)9-17(14)23)8-16-15-7-11(19-25-26-21(24)29-19)3-6-18(15)28(2)20(16)27/h3-9H,10H2,1-2H3,(H2,24,26). The van der Waals surface area contributed by atoms with Gasteiger partial charge >= 0.3 is 6.01 Å². The molecule has 0 bridgehead atoms. The van der Waals surface area contributed by atoms with E-state index in [0.717, 1.165) is 45.5 Å². The summed E-state index contributed by atoms with van der Waals surface area (Å²) in [6.45, 7) is 0.742. The Labute approximate surface area is 177 Å². The minimum Gasteiger partial charge on any atom is -0.404 e. The van der Waals surface area contributed by atoms with Gasteiger partial charge in [0.2, 0.25) is 5.89 Å². The first kappa shape index (κ1) is 18.1. The molecule has 1 aliphatic heterocycles. The first-order valence-electron chi connectivity index (χ1n) is 9.01. The highest BCUT2D eigenvalue weighted by Gasteiger charge is 2.24. The van der Waals surface area contributed by atoms with E-state index in [4.69, 9.17) is 33.4 Å². The van der Waals surface area contributed by atoms with Crippen LogP contribution in [0.15, 0.2) is 40.8 Å². The summed E-state index contributed by atoms with van der Waals surface area (Å²) >= 11 is 12.6. The van der Waals surface area contributed by atoms with Gasteiger partial charge in [-0.05, 0) is 47.5 Å². The third-order valence-corrected chi connectivity index (χ3v) is 5.81. The van der Waals surface area contributed by atoms with Crippen LogP contribution < -0.4 is 10.6 Å². The molecule has 4 aromatic rings. The van der Waals surface area contributed by atoms with Crippen molar-refractivity contribution < 1.29 is 4.42 Å². The van der Waals surface area contributed by atoms with E-state index in [0.29, 0.717) is 15.9 Å². The van der Waals surface area contributed by atoms with Crippen molar-refractivity contribution in [3.05, 3.63) is 57.6 Å². The van der Waals surface area contributed by atoms with Crippen LogP contribution in [0.1, 0.15) is 11.1 Å². The molecule has 0 unspecified atom stereocenters. The quantitative estimate of drug-likeness (QED) is 0.482. The Kier molecular flexibility index (Phi) is 4.08. The fourth-order valence-electron chi connectivity index (χ4n) is 4.01. The molecule has 29 heavy (non-hydrogen) atoms. The average molecular weight is 426 g/mol. The molecule has 0 spiro atoms. The second-order valence-electron chi connectivity index (χ2n) is 7.12. The molecule has 2 aromatic heterocycles. The molecule has 0 fully saturated rings. The molecule has 0 saturated heterocycles. The zero-order valence-corrected chi connectivity index (χ0v) is 17.3. The topological polar surface area (TPSA) is 73.1 Å². The number of fused-ring (bicyclic) bond motifs is 3. The highest BCUT2D eigenvalue weighted by atomic mass is 35.5. The highest BCUT2D eigenvalue weighted by Crippen LogP contribution is 2.41. The summed E-state index contributed by atoms with van der Waals surface area (Å²) in [5.41, 5.74) is 10.7. The van der Waals surface area contributed by atoms with Crippen LogP contribution in [0, 0.1) is 0 Å². The van der Waals surface area contributed by atoms with Crippen molar-refractivity contribution in [3.8, 4) is 11.5 Å². The molecule has 6 nitrogen and oxygen atoms in total. The monoisotopic (exact) mass is 425 g/mol. The summed E-state index contributed by atoms with van der Waals surface area (Å²) in [5, 5.41) is 10.1. The van der Waals surface area contributed by atoms with Gasteiger partial charge < -0.3 is 19.6 Å². The fraction of sp³-hybridized carbons (Fsp3) is 0.143. The van der Waals surface area contributed by atoms with Crippen LogP contribution in [0.2, 0.25) is 10.0 Å². The first-order valence-corrected chi connectivity index (χ1v) is 9.77. The van der Waals surface area contributed by atoms with E-state index in [9.17, 15) is 0 Å². The fourth-order valence-corrected chi connectivity index (χ4v) is 4.54. The lowest BCUT2D eigenvalue weighted by Crippen LogP contribution is -2.25. The number of hydrogen-bond acceptors (Lipinski definition) is 5. The number of benzene rings is 2. The van der Waals surface area contributed by atoms with Gasteiger partial charge in [0, 0.05) is 47.2 Å². The van der Waals surface area contributed by atoms with Crippen LogP contribution in [-0.4, -0.2) is 28.4 Å². The molecule has 0 saturated carbocycles. The van der Waals surface area contributed by atoms with Crippen LogP contribution in [0.5, 0.6) is 0 Å². The Morgan fingerprint density at radius 2 is 1.90 bits per heavy atom. The van der Waals surface area contributed by atoms with Crippen molar-refractivity contribution in [2.24, 2.45) is 7.05 Å². The predicted molar refractivity (Wildman–Crippen MR) is 118 cm³/mol. The molecule has 8 heteroatoms.